The van der Waals surface area contributed by atoms with Gasteiger partial charge in [-0.2, -0.15) is 0 Å². The van der Waals surface area contributed by atoms with Gasteiger partial charge >= 0.3 is 0 Å². The molecule has 1 atom stereocenters. The molecule has 0 fully saturated rings. The van der Waals surface area contributed by atoms with Crippen molar-refractivity contribution in [3.63, 3.8) is 0 Å². The van der Waals surface area contributed by atoms with Gasteiger partial charge in [-0.3, -0.25) is 0 Å². The van der Waals surface area contributed by atoms with Crippen molar-refractivity contribution in [3.8, 4) is 11.5 Å². The summed E-state index contributed by atoms with van der Waals surface area (Å²) < 4.78 is 10.8. The summed E-state index contributed by atoms with van der Waals surface area (Å²) in [6, 6.07) is 5.77. The van der Waals surface area contributed by atoms with E-state index in [-0.39, 0.29) is 12.0 Å². The Hall–Kier alpha value is -1.42. The summed E-state index contributed by atoms with van der Waals surface area (Å²) in [5, 5.41) is 12.7. The number of hydrogen-bond acceptors (Lipinski definition) is 4. The molecule has 0 aromatic heterocycles. The minimum Gasteiger partial charge on any atom is -0.493 e. The van der Waals surface area contributed by atoms with Gasteiger partial charge in [-0.1, -0.05) is 13.8 Å². The molecule has 1 aromatic rings. The maximum Gasteiger partial charge on any atom is 0.162 e. The number of aliphatic hydroxyl groups excluding tert-OH is 1. The maximum atomic E-state index is 9.39. The second kappa shape index (κ2) is 7.24. The van der Waals surface area contributed by atoms with Gasteiger partial charge in [0.15, 0.2) is 11.5 Å². The molecule has 1 aromatic carbocycles. The Balaban J connectivity index is 2.74. The zero-order valence-corrected chi connectivity index (χ0v) is 12.3. The van der Waals surface area contributed by atoms with Crippen LogP contribution in [0.3, 0.4) is 0 Å². The first-order valence-corrected chi connectivity index (χ1v) is 6.74. The summed E-state index contributed by atoms with van der Waals surface area (Å²) in [5.41, 5.74) is 0.861. The van der Waals surface area contributed by atoms with E-state index in [9.17, 15) is 5.11 Å². The monoisotopic (exact) mass is 267 g/mol. The third-order valence-corrected chi connectivity index (χ3v) is 3.42. The van der Waals surface area contributed by atoms with E-state index in [0.717, 1.165) is 24.4 Å². The van der Waals surface area contributed by atoms with Crippen LogP contribution in [0.15, 0.2) is 18.2 Å². The first kappa shape index (κ1) is 15.6. The number of ether oxygens (including phenoxy) is 2. The van der Waals surface area contributed by atoms with Crippen molar-refractivity contribution >= 4 is 5.69 Å². The van der Waals surface area contributed by atoms with E-state index in [0.29, 0.717) is 12.4 Å². The number of anilines is 1. The topological polar surface area (TPSA) is 50.7 Å². The second-order valence-electron chi connectivity index (χ2n) is 4.97. The molecule has 19 heavy (non-hydrogen) atoms. The van der Waals surface area contributed by atoms with Crippen molar-refractivity contribution in [2.75, 3.05) is 32.2 Å². The molecule has 0 bridgehead atoms. The van der Waals surface area contributed by atoms with Gasteiger partial charge in [-0.25, -0.2) is 0 Å². The van der Waals surface area contributed by atoms with Crippen molar-refractivity contribution in [2.45, 2.75) is 27.2 Å². The van der Waals surface area contributed by atoms with E-state index in [1.54, 1.807) is 7.11 Å². The Morgan fingerprint density at radius 2 is 2.00 bits per heavy atom. The summed E-state index contributed by atoms with van der Waals surface area (Å²) in [6.45, 7) is 7.59. The van der Waals surface area contributed by atoms with Crippen LogP contribution < -0.4 is 14.8 Å². The van der Waals surface area contributed by atoms with Crippen molar-refractivity contribution in [2.24, 2.45) is 5.41 Å². The quantitative estimate of drug-likeness (QED) is 0.760. The van der Waals surface area contributed by atoms with E-state index in [2.05, 4.69) is 19.2 Å². The number of methoxy groups -OCH3 is 1. The predicted octanol–water partition coefficient (Wildman–Crippen LogP) is 2.91. The highest BCUT2D eigenvalue weighted by Crippen LogP contribution is 2.31. The highest BCUT2D eigenvalue weighted by molar-refractivity contribution is 5.54. The molecule has 4 heteroatoms. The molecule has 0 aliphatic carbocycles. The van der Waals surface area contributed by atoms with E-state index in [1.807, 2.05) is 25.1 Å². The lowest BCUT2D eigenvalue weighted by atomic mass is 9.88. The summed E-state index contributed by atoms with van der Waals surface area (Å²) in [5.74, 6) is 1.46. The first-order valence-electron chi connectivity index (χ1n) is 6.74. The van der Waals surface area contributed by atoms with Crippen LogP contribution in [0.4, 0.5) is 5.69 Å². The molecule has 0 spiro atoms. The fourth-order valence-corrected chi connectivity index (χ4v) is 1.66. The molecule has 108 valence electrons. The van der Waals surface area contributed by atoms with Gasteiger partial charge in [-0.05, 0) is 25.5 Å². The summed E-state index contributed by atoms with van der Waals surface area (Å²) in [7, 11) is 1.63. The Labute approximate surface area is 115 Å². The average molecular weight is 267 g/mol. The molecule has 0 amide bonds. The van der Waals surface area contributed by atoms with Gasteiger partial charge in [0.05, 0.1) is 20.3 Å². The minimum atomic E-state index is -0.105. The lowest BCUT2D eigenvalue weighted by Gasteiger charge is -2.26. The highest BCUT2D eigenvalue weighted by Gasteiger charge is 2.20. The zero-order valence-electron chi connectivity index (χ0n) is 12.3. The molecule has 1 unspecified atom stereocenters. The van der Waals surface area contributed by atoms with Gasteiger partial charge in [0.1, 0.15) is 0 Å². The lowest BCUT2D eigenvalue weighted by Crippen LogP contribution is -2.29. The van der Waals surface area contributed by atoms with Gasteiger partial charge in [-0.15, -0.1) is 0 Å². The smallest absolute Gasteiger partial charge is 0.162 e. The predicted molar refractivity (Wildman–Crippen MR) is 78.1 cm³/mol. The van der Waals surface area contributed by atoms with Gasteiger partial charge < -0.3 is 19.9 Å². The minimum absolute atomic E-state index is 0.105. The SMILES string of the molecule is CCOc1ccc(NCC(C)(CC)CO)cc1OC. The van der Waals surface area contributed by atoms with E-state index >= 15 is 0 Å². The molecule has 0 radical (unpaired) electrons. The maximum absolute atomic E-state index is 9.39. The molecule has 4 nitrogen and oxygen atoms in total. The van der Waals surface area contributed by atoms with Crippen LogP contribution in [-0.2, 0) is 0 Å². The van der Waals surface area contributed by atoms with Crippen molar-refractivity contribution in [1.29, 1.82) is 0 Å². The summed E-state index contributed by atoms with van der Waals surface area (Å²) in [6.07, 6.45) is 0.921. The van der Waals surface area contributed by atoms with Crippen LogP contribution >= 0.6 is 0 Å². The molecule has 0 saturated carbocycles. The number of benzene rings is 1. The standard InChI is InChI=1S/C15H25NO3/c1-5-15(3,11-17)10-16-12-7-8-13(19-6-2)14(9-12)18-4/h7-9,16-17H,5-6,10-11H2,1-4H3. The zero-order chi connectivity index (χ0) is 14.3. The van der Waals surface area contributed by atoms with E-state index < -0.39 is 0 Å². The average Bonchev–Trinajstić information content (AvgIpc) is 2.46. The normalized spacial score (nSPS) is 13.7. The molecule has 0 saturated heterocycles. The fourth-order valence-electron chi connectivity index (χ4n) is 1.66. The lowest BCUT2D eigenvalue weighted by molar-refractivity contribution is 0.149. The van der Waals surface area contributed by atoms with Crippen LogP contribution in [0.5, 0.6) is 11.5 Å². The third kappa shape index (κ3) is 4.31. The molecule has 2 N–H and O–H groups in total. The molecule has 0 aliphatic rings. The van der Waals surface area contributed by atoms with Gasteiger partial charge in [0.2, 0.25) is 0 Å². The van der Waals surface area contributed by atoms with Crippen LogP contribution in [0.1, 0.15) is 27.2 Å². The second-order valence-corrected chi connectivity index (χ2v) is 4.97. The van der Waals surface area contributed by atoms with Crippen LogP contribution in [0, 0.1) is 5.41 Å². The van der Waals surface area contributed by atoms with Crippen LogP contribution in [0.25, 0.3) is 0 Å². The van der Waals surface area contributed by atoms with Crippen molar-refractivity contribution in [3.05, 3.63) is 18.2 Å². The molecular formula is C15H25NO3. The van der Waals surface area contributed by atoms with Crippen molar-refractivity contribution in [1.82, 2.24) is 0 Å². The number of nitrogens with one attached hydrogen (secondary N) is 1. The molecular weight excluding hydrogens is 242 g/mol. The first-order chi connectivity index (χ1) is 9.08. The van der Waals surface area contributed by atoms with Gasteiger partial charge in [0, 0.05) is 23.7 Å². The Morgan fingerprint density at radius 1 is 1.26 bits per heavy atom. The molecule has 0 heterocycles. The summed E-state index contributed by atoms with van der Waals surface area (Å²) in [4.78, 5) is 0. The van der Waals surface area contributed by atoms with Crippen molar-refractivity contribution < 1.29 is 14.6 Å². The number of rotatable bonds is 8. The Morgan fingerprint density at radius 3 is 2.53 bits per heavy atom. The van der Waals surface area contributed by atoms with E-state index in [1.165, 1.54) is 0 Å². The largest absolute Gasteiger partial charge is 0.493 e. The Bertz CT molecular complexity index is 389. The van der Waals surface area contributed by atoms with E-state index in [4.69, 9.17) is 9.47 Å². The highest BCUT2D eigenvalue weighted by atomic mass is 16.5. The number of aliphatic hydroxyl groups is 1. The van der Waals surface area contributed by atoms with Crippen LogP contribution in [-0.4, -0.2) is 32.0 Å². The van der Waals surface area contributed by atoms with Crippen LogP contribution in [0.2, 0.25) is 0 Å². The summed E-state index contributed by atoms with van der Waals surface area (Å²) >= 11 is 0. The fraction of sp³-hybridized carbons (Fsp3) is 0.600. The third-order valence-electron chi connectivity index (χ3n) is 3.42. The Kier molecular flexibility index (Phi) is 5.96. The van der Waals surface area contributed by atoms with Gasteiger partial charge in [0.25, 0.3) is 0 Å². The molecule has 1 rings (SSSR count). The number of hydrogen-bond donors (Lipinski definition) is 2. The molecule has 0 aliphatic heterocycles.